The van der Waals surface area contributed by atoms with Crippen molar-refractivity contribution in [2.24, 2.45) is 16.6 Å². The van der Waals surface area contributed by atoms with Crippen LogP contribution in [0.2, 0.25) is 0 Å². The third-order valence-corrected chi connectivity index (χ3v) is 9.12. The summed E-state index contributed by atoms with van der Waals surface area (Å²) in [6, 6.07) is 27.5. The van der Waals surface area contributed by atoms with Crippen molar-refractivity contribution >= 4 is 23.2 Å². The molecule has 0 bridgehead atoms. The zero-order chi connectivity index (χ0) is 31.3. The number of carbonyl (C=O) groups is 2. The van der Waals surface area contributed by atoms with Gasteiger partial charge in [-0.1, -0.05) is 72.8 Å². The molecule has 9 nitrogen and oxygen atoms in total. The fourth-order valence-electron chi connectivity index (χ4n) is 6.91. The third-order valence-electron chi connectivity index (χ3n) is 9.12. The number of carbonyl (C=O) groups excluding carboxylic acids is 2. The lowest BCUT2D eigenvalue weighted by Crippen LogP contribution is -2.44. The van der Waals surface area contributed by atoms with Crippen LogP contribution in [0.1, 0.15) is 55.7 Å². The van der Waals surface area contributed by atoms with Crippen LogP contribution in [-0.4, -0.2) is 53.5 Å². The van der Waals surface area contributed by atoms with Gasteiger partial charge in [-0.25, -0.2) is 0 Å². The van der Waals surface area contributed by atoms with Gasteiger partial charge < -0.3 is 16.0 Å². The lowest BCUT2D eigenvalue weighted by Gasteiger charge is -2.43. The molecule has 5 rings (SSSR count). The number of allylic oxidation sites excluding steroid dienone is 1. The normalized spacial score (nSPS) is 20.1. The highest BCUT2D eigenvalue weighted by Crippen LogP contribution is 2.42. The molecule has 3 N–H and O–H groups in total. The van der Waals surface area contributed by atoms with Gasteiger partial charge in [0.15, 0.2) is 0 Å². The number of nitrogens with one attached hydrogen (secondary N) is 1. The van der Waals surface area contributed by atoms with Gasteiger partial charge >= 0.3 is 0 Å². The molecular formula is C35H39N5O4. The molecule has 1 saturated heterocycles. The van der Waals surface area contributed by atoms with Gasteiger partial charge in [0.2, 0.25) is 11.8 Å². The number of piperidine rings is 1. The van der Waals surface area contributed by atoms with Crippen molar-refractivity contribution in [1.82, 2.24) is 10.2 Å². The van der Waals surface area contributed by atoms with Crippen LogP contribution < -0.4 is 11.1 Å². The maximum Gasteiger partial charge on any atom is 0.269 e. The summed E-state index contributed by atoms with van der Waals surface area (Å²) in [5, 5.41) is 14.5. The Morgan fingerprint density at radius 2 is 1.59 bits per heavy atom. The Kier molecular flexibility index (Phi) is 9.35. The molecule has 2 aliphatic rings. The largest absolute Gasteiger partial charge is 0.369 e. The Balaban J connectivity index is 1.24. The van der Waals surface area contributed by atoms with Crippen molar-refractivity contribution in [3.8, 4) is 0 Å². The maximum absolute atomic E-state index is 13.6. The Labute approximate surface area is 258 Å². The zero-order valence-electron chi connectivity index (χ0n) is 25.2. The SMILES string of the molecule is CC1=NC(C)=C(C(=O)NCCCN2CCC(c3ccccc3)(c3ccccc3)CC2)C(c2cccc([N+](=O)[O-])c2)C1C(N)=O. The lowest BCUT2D eigenvalue weighted by atomic mass is 9.68. The van der Waals surface area contributed by atoms with E-state index in [1.54, 1.807) is 26.0 Å². The molecule has 9 heteroatoms. The van der Waals surface area contributed by atoms with Gasteiger partial charge in [0, 0.05) is 47.0 Å². The monoisotopic (exact) mass is 593 g/mol. The second-order valence-corrected chi connectivity index (χ2v) is 11.7. The molecule has 228 valence electrons. The van der Waals surface area contributed by atoms with Crippen molar-refractivity contribution in [3.05, 3.63) is 123 Å². The molecule has 2 unspecified atom stereocenters. The number of hydrogen-bond acceptors (Lipinski definition) is 6. The van der Waals surface area contributed by atoms with Crippen LogP contribution in [-0.2, 0) is 15.0 Å². The Morgan fingerprint density at radius 3 is 2.16 bits per heavy atom. The topological polar surface area (TPSA) is 131 Å². The Hall–Kier alpha value is -4.63. The number of primary amides is 1. The summed E-state index contributed by atoms with van der Waals surface area (Å²) in [7, 11) is 0. The van der Waals surface area contributed by atoms with Crippen LogP contribution in [0.3, 0.4) is 0 Å². The van der Waals surface area contributed by atoms with Crippen molar-refractivity contribution in [1.29, 1.82) is 0 Å². The molecular weight excluding hydrogens is 554 g/mol. The number of nitro benzene ring substituents is 1. The van der Waals surface area contributed by atoms with Crippen molar-refractivity contribution in [3.63, 3.8) is 0 Å². The fourth-order valence-corrected chi connectivity index (χ4v) is 6.91. The number of rotatable bonds is 10. The molecule has 2 atom stereocenters. The maximum atomic E-state index is 13.6. The smallest absolute Gasteiger partial charge is 0.269 e. The van der Waals surface area contributed by atoms with Crippen LogP contribution >= 0.6 is 0 Å². The van der Waals surface area contributed by atoms with E-state index in [0.29, 0.717) is 29.1 Å². The first-order valence-electron chi connectivity index (χ1n) is 15.1. The summed E-state index contributed by atoms with van der Waals surface area (Å²) >= 11 is 0. The summed E-state index contributed by atoms with van der Waals surface area (Å²) < 4.78 is 0. The summed E-state index contributed by atoms with van der Waals surface area (Å²) in [5.74, 6) is -2.62. The van der Waals surface area contributed by atoms with Crippen molar-refractivity contribution in [2.45, 2.75) is 44.4 Å². The molecule has 0 aromatic heterocycles. The molecule has 44 heavy (non-hydrogen) atoms. The quantitative estimate of drug-likeness (QED) is 0.192. The average molecular weight is 594 g/mol. The second kappa shape index (κ2) is 13.3. The van der Waals surface area contributed by atoms with Crippen molar-refractivity contribution < 1.29 is 14.5 Å². The van der Waals surface area contributed by atoms with Gasteiger partial charge in [0.05, 0.1) is 10.8 Å². The van der Waals surface area contributed by atoms with Crippen LogP contribution in [0.4, 0.5) is 5.69 Å². The van der Waals surface area contributed by atoms with Gasteiger partial charge in [-0.15, -0.1) is 0 Å². The van der Waals surface area contributed by atoms with Gasteiger partial charge in [-0.05, 0) is 69.4 Å². The molecule has 3 aromatic carbocycles. The van der Waals surface area contributed by atoms with Crippen LogP contribution in [0.15, 0.2) is 101 Å². The predicted molar refractivity (Wildman–Crippen MR) is 171 cm³/mol. The number of non-ortho nitro benzene ring substituents is 1. The summed E-state index contributed by atoms with van der Waals surface area (Å²) in [6.45, 7) is 6.60. The van der Waals surface area contributed by atoms with Gasteiger partial charge in [-0.3, -0.25) is 24.7 Å². The highest BCUT2D eigenvalue weighted by atomic mass is 16.6. The van der Waals surface area contributed by atoms with E-state index in [0.717, 1.165) is 38.9 Å². The predicted octanol–water partition coefficient (Wildman–Crippen LogP) is 5.12. The van der Waals surface area contributed by atoms with E-state index >= 15 is 0 Å². The molecule has 2 amide bonds. The zero-order valence-corrected chi connectivity index (χ0v) is 25.2. The molecule has 0 spiro atoms. The molecule has 2 aliphatic heterocycles. The first-order chi connectivity index (χ1) is 21.2. The number of hydrogen-bond donors (Lipinski definition) is 2. The minimum absolute atomic E-state index is 0.0185. The van der Waals surface area contributed by atoms with E-state index in [1.165, 1.54) is 23.3 Å². The van der Waals surface area contributed by atoms with Crippen LogP contribution in [0.5, 0.6) is 0 Å². The van der Waals surface area contributed by atoms with E-state index in [1.807, 2.05) is 0 Å². The minimum atomic E-state index is -0.885. The number of nitrogens with two attached hydrogens (primary N) is 1. The average Bonchev–Trinajstić information content (AvgIpc) is 3.03. The second-order valence-electron chi connectivity index (χ2n) is 11.7. The molecule has 0 saturated carbocycles. The van der Waals surface area contributed by atoms with E-state index in [4.69, 9.17) is 5.73 Å². The standard InChI is InChI=1S/C35H39N5O4/c1-24-30(33(36)41)32(26-11-9-16-29(23-26)40(43)44)31(25(2)38-24)34(42)37-19-10-20-39-21-17-35(18-22-39,27-12-5-3-6-13-27)28-14-7-4-8-15-28/h3-9,11-16,23,30,32H,10,17-22H2,1-2H3,(H2,36,41)(H,37,42). The molecule has 0 aliphatic carbocycles. The number of benzene rings is 3. The van der Waals surface area contributed by atoms with Gasteiger partial charge in [0.25, 0.3) is 5.69 Å². The Morgan fingerprint density at radius 1 is 0.977 bits per heavy atom. The highest BCUT2D eigenvalue weighted by molar-refractivity contribution is 6.08. The van der Waals surface area contributed by atoms with E-state index in [2.05, 4.69) is 75.9 Å². The lowest BCUT2D eigenvalue weighted by molar-refractivity contribution is -0.384. The molecule has 1 fully saturated rings. The number of amides is 2. The van der Waals surface area contributed by atoms with E-state index in [9.17, 15) is 19.7 Å². The number of likely N-dealkylation sites (tertiary alicyclic amines) is 1. The Bertz CT molecular complexity index is 1540. The summed E-state index contributed by atoms with van der Waals surface area (Å²) in [6.07, 6.45) is 2.78. The van der Waals surface area contributed by atoms with E-state index < -0.39 is 22.7 Å². The summed E-state index contributed by atoms with van der Waals surface area (Å²) in [5.41, 5.74) is 10.1. The number of nitrogens with zero attached hydrogens (tertiary/aromatic N) is 3. The van der Waals surface area contributed by atoms with E-state index in [-0.39, 0.29) is 17.0 Å². The highest BCUT2D eigenvalue weighted by Gasteiger charge is 2.41. The number of nitro groups is 1. The van der Waals surface area contributed by atoms with Gasteiger partial charge in [-0.2, -0.15) is 0 Å². The van der Waals surface area contributed by atoms with Gasteiger partial charge in [0.1, 0.15) is 0 Å². The first-order valence-corrected chi connectivity index (χ1v) is 15.1. The first kappa shape index (κ1) is 30.8. The molecule has 0 radical (unpaired) electrons. The van der Waals surface area contributed by atoms with Crippen LogP contribution in [0, 0.1) is 16.0 Å². The molecule has 2 heterocycles. The fraction of sp³-hybridized carbons (Fsp3) is 0.343. The number of aliphatic imine (C=N–C) groups is 1. The minimum Gasteiger partial charge on any atom is -0.369 e. The van der Waals surface area contributed by atoms with Crippen molar-refractivity contribution in [2.75, 3.05) is 26.2 Å². The molecule has 3 aromatic rings. The van der Waals surface area contributed by atoms with Crippen LogP contribution in [0.25, 0.3) is 0 Å². The summed E-state index contributed by atoms with van der Waals surface area (Å²) in [4.78, 5) is 44.1. The third kappa shape index (κ3) is 6.33.